The Morgan fingerprint density at radius 1 is 1.20 bits per heavy atom. The van der Waals surface area contributed by atoms with Gasteiger partial charge in [0.05, 0.1) is 6.61 Å². The van der Waals surface area contributed by atoms with Crippen molar-refractivity contribution in [2.75, 3.05) is 19.4 Å². The lowest BCUT2D eigenvalue weighted by Gasteiger charge is -2.37. The summed E-state index contributed by atoms with van der Waals surface area (Å²) in [5.74, 6) is 0. The molecule has 3 atom stereocenters. The number of nitrogens with zero attached hydrogens (tertiary/aromatic N) is 1. The molecule has 0 aromatic rings. The Hall–Kier alpha value is 0.180. The molecule has 0 amide bonds. The van der Waals surface area contributed by atoms with E-state index >= 15 is 0 Å². The second-order valence-corrected chi connectivity index (χ2v) is 8.46. The van der Waals surface area contributed by atoms with Crippen molar-refractivity contribution in [3.63, 3.8) is 0 Å². The van der Waals surface area contributed by atoms with Crippen LogP contribution in [0.5, 0.6) is 0 Å². The van der Waals surface area contributed by atoms with Gasteiger partial charge in [0.25, 0.3) is 10.2 Å². The smallest absolute Gasteiger partial charge is 0.280 e. The Morgan fingerprint density at radius 2 is 1.90 bits per heavy atom. The molecule has 2 fully saturated rings. The average molecular weight is 322 g/mol. The monoisotopic (exact) mass is 322 g/mol. The summed E-state index contributed by atoms with van der Waals surface area (Å²) in [6.07, 6.45) is 8.96. The van der Waals surface area contributed by atoms with Crippen LogP contribution in [0.2, 0.25) is 0 Å². The largest absolute Gasteiger partial charge is 0.395 e. The molecule has 3 unspecified atom stereocenters. The fraction of sp³-hybridized carbons (Fsp3) is 1.00. The van der Waals surface area contributed by atoms with Gasteiger partial charge in [0, 0.05) is 23.9 Å². The number of hydrogen-bond acceptors (Lipinski definition) is 4. The van der Waals surface area contributed by atoms with E-state index in [2.05, 4.69) is 11.0 Å². The van der Waals surface area contributed by atoms with Gasteiger partial charge in [-0.15, -0.1) is 0 Å². The molecule has 0 radical (unpaired) electrons. The van der Waals surface area contributed by atoms with Gasteiger partial charge in [0.2, 0.25) is 0 Å². The van der Waals surface area contributed by atoms with Gasteiger partial charge in [-0.3, -0.25) is 0 Å². The van der Waals surface area contributed by atoms with Crippen molar-refractivity contribution in [3.8, 4) is 0 Å². The number of hydrogen-bond donors (Lipinski definition) is 2. The van der Waals surface area contributed by atoms with E-state index in [1.54, 1.807) is 11.8 Å². The van der Waals surface area contributed by atoms with Gasteiger partial charge in [-0.05, 0) is 31.9 Å². The van der Waals surface area contributed by atoms with Crippen LogP contribution >= 0.6 is 11.8 Å². The molecule has 0 aromatic heterocycles. The molecule has 1 heterocycles. The standard InChI is InChI=1S/C13H26N2O3S2/c1-19-13-8-3-2-7-12(13)14-20(17,18)15-9-5-4-6-11(15)10-16/h11-14,16H,2-10H2,1H3. The summed E-state index contributed by atoms with van der Waals surface area (Å²) in [5.41, 5.74) is 0. The third kappa shape index (κ3) is 3.88. The number of rotatable bonds is 5. The van der Waals surface area contributed by atoms with Crippen LogP contribution in [0, 0.1) is 0 Å². The van der Waals surface area contributed by atoms with Crippen molar-refractivity contribution in [2.45, 2.75) is 62.3 Å². The number of thioether (sulfide) groups is 1. The number of piperidine rings is 1. The number of aliphatic hydroxyl groups is 1. The molecule has 7 heteroatoms. The van der Waals surface area contributed by atoms with Gasteiger partial charge >= 0.3 is 0 Å². The molecule has 20 heavy (non-hydrogen) atoms. The second-order valence-electron chi connectivity index (χ2n) is 5.73. The zero-order chi connectivity index (χ0) is 14.6. The van der Waals surface area contributed by atoms with E-state index in [-0.39, 0.29) is 18.7 Å². The Balaban J connectivity index is 2.05. The van der Waals surface area contributed by atoms with Crippen LogP contribution in [0.25, 0.3) is 0 Å². The Labute approximate surface area is 126 Å². The van der Waals surface area contributed by atoms with Gasteiger partial charge in [-0.25, -0.2) is 0 Å². The molecule has 0 bridgehead atoms. The lowest BCUT2D eigenvalue weighted by atomic mass is 9.96. The van der Waals surface area contributed by atoms with Crippen LogP contribution in [0.15, 0.2) is 0 Å². The van der Waals surface area contributed by atoms with Crippen LogP contribution in [0.3, 0.4) is 0 Å². The summed E-state index contributed by atoms with van der Waals surface area (Å²) in [4.78, 5) is 0. The van der Waals surface area contributed by atoms with Crippen LogP contribution in [0.1, 0.15) is 44.9 Å². The van der Waals surface area contributed by atoms with Crippen molar-refractivity contribution >= 4 is 22.0 Å². The zero-order valence-electron chi connectivity index (χ0n) is 12.1. The van der Waals surface area contributed by atoms with E-state index in [9.17, 15) is 13.5 Å². The van der Waals surface area contributed by atoms with Gasteiger partial charge < -0.3 is 5.11 Å². The first-order valence-electron chi connectivity index (χ1n) is 7.51. The van der Waals surface area contributed by atoms with Gasteiger partial charge in [0.15, 0.2) is 0 Å². The fourth-order valence-electron chi connectivity index (χ4n) is 3.25. The normalized spacial score (nSPS) is 33.2. The maximum atomic E-state index is 12.6. The van der Waals surface area contributed by atoms with Crippen molar-refractivity contribution in [1.82, 2.24) is 9.03 Å². The molecular weight excluding hydrogens is 296 g/mol. The first-order valence-corrected chi connectivity index (χ1v) is 10.2. The van der Waals surface area contributed by atoms with E-state index < -0.39 is 10.2 Å². The van der Waals surface area contributed by atoms with Crippen LogP contribution in [-0.2, 0) is 10.2 Å². The second kappa shape index (κ2) is 7.45. The summed E-state index contributed by atoms with van der Waals surface area (Å²) in [6, 6.07) is -0.220. The third-order valence-corrected chi connectivity index (χ3v) is 7.27. The molecule has 0 spiro atoms. The van der Waals surface area contributed by atoms with Crippen molar-refractivity contribution in [2.24, 2.45) is 0 Å². The molecule has 0 aromatic carbocycles. The summed E-state index contributed by atoms with van der Waals surface area (Å²) < 4.78 is 29.5. The topological polar surface area (TPSA) is 69.6 Å². The average Bonchev–Trinajstić information content (AvgIpc) is 2.47. The number of aliphatic hydroxyl groups excluding tert-OH is 1. The molecule has 1 saturated carbocycles. The minimum Gasteiger partial charge on any atom is -0.395 e. The van der Waals surface area contributed by atoms with Crippen LogP contribution < -0.4 is 4.72 Å². The fourth-order valence-corrected chi connectivity index (χ4v) is 6.00. The number of nitrogens with one attached hydrogen (secondary N) is 1. The molecule has 2 aliphatic rings. The minimum absolute atomic E-state index is 0.0324. The summed E-state index contributed by atoms with van der Waals surface area (Å²) >= 11 is 1.75. The van der Waals surface area contributed by atoms with E-state index in [0.29, 0.717) is 11.8 Å². The molecule has 1 aliphatic carbocycles. The highest BCUT2D eigenvalue weighted by Gasteiger charge is 2.35. The van der Waals surface area contributed by atoms with E-state index in [1.165, 1.54) is 10.7 Å². The first-order chi connectivity index (χ1) is 9.58. The van der Waals surface area contributed by atoms with Gasteiger partial charge in [0.1, 0.15) is 0 Å². The SMILES string of the molecule is CSC1CCCCC1NS(=O)(=O)N1CCCCC1CO. The van der Waals surface area contributed by atoms with Crippen LogP contribution in [0.4, 0.5) is 0 Å². The quantitative estimate of drug-likeness (QED) is 0.801. The van der Waals surface area contributed by atoms with E-state index in [4.69, 9.17) is 0 Å². The predicted molar refractivity (Wildman–Crippen MR) is 83.0 cm³/mol. The molecule has 1 aliphatic heterocycles. The minimum atomic E-state index is -3.48. The summed E-state index contributed by atoms with van der Waals surface area (Å²) in [6.45, 7) is 0.439. The van der Waals surface area contributed by atoms with Crippen LogP contribution in [-0.4, -0.2) is 54.6 Å². The molecular formula is C13H26N2O3S2. The summed E-state index contributed by atoms with van der Waals surface area (Å²) in [7, 11) is -3.48. The van der Waals surface area contributed by atoms with Crippen molar-refractivity contribution in [1.29, 1.82) is 0 Å². The maximum absolute atomic E-state index is 12.6. The molecule has 1 saturated heterocycles. The Bertz CT molecular complexity index is 402. The highest BCUT2D eigenvalue weighted by molar-refractivity contribution is 7.99. The maximum Gasteiger partial charge on any atom is 0.280 e. The highest BCUT2D eigenvalue weighted by Crippen LogP contribution is 2.28. The first kappa shape index (κ1) is 16.5. The van der Waals surface area contributed by atoms with E-state index in [1.807, 2.05) is 0 Å². The van der Waals surface area contributed by atoms with Crippen molar-refractivity contribution < 1.29 is 13.5 Å². The molecule has 5 nitrogen and oxygen atoms in total. The van der Waals surface area contributed by atoms with Gasteiger partial charge in [-0.2, -0.15) is 29.2 Å². The Morgan fingerprint density at radius 3 is 2.60 bits per heavy atom. The molecule has 2 N–H and O–H groups in total. The van der Waals surface area contributed by atoms with Crippen molar-refractivity contribution in [3.05, 3.63) is 0 Å². The lowest BCUT2D eigenvalue weighted by Crippen LogP contribution is -2.54. The van der Waals surface area contributed by atoms with Gasteiger partial charge in [-0.1, -0.05) is 19.3 Å². The third-order valence-electron chi connectivity index (χ3n) is 4.40. The Kier molecular flexibility index (Phi) is 6.16. The molecule has 118 valence electrons. The highest BCUT2D eigenvalue weighted by atomic mass is 32.2. The van der Waals surface area contributed by atoms with E-state index in [0.717, 1.165) is 38.5 Å². The molecule has 2 rings (SSSR count). The lowest BCUT2D eigenvalue weighted by molar-refractivity contribution is 0.153. The predicted octanol–water partition coefficient (Wildman–Crippen LogP) is 1.34. The summed E-state index contributed by atoms with van der Waals surface area (Å²) in [5, 5.41) is 9.76. The zero-order valence-corrected chi connectivity index (χ0v) is 13.8.